The van der Waals surface area contributed by atoms with Gasteiger partial charge < -0.3 is 14.8 Å². The van der Waals surface area contributed by atoms with E-state index < -0.39 is 0 Å². The Bertz CT molecular complexity index is 686. The van der Waals surface area contributed by atoms with Crippen molar-refractivity contribution in [3.8, 4) is 11.5 Å². The molecule has 0 aromatic heterocycles. The number of fused-ring (bicyclic) bond motifs is 1. The van der Waals surface area contributed by atoms with Gasteiger partial charge in [-0.2, -0.15) is 0 Å². The van der Waals surface area contributed by atoms with Gasteiger partial charge in [0.05, 0.1) is 5.69 Å². The van der Waals surface area contributed by atoms with Gasteiger partial charge in [0.25, 0.3) is 5.91 Å². The molecule has 0 fully saturated rings. The van der Waals surface area contributed by atoms with Crippen molar-refractivity contribution < 1.29 is 14.3 Å². The van der Waals surface area contributed by atoms with Crippen LogP contribution in [0.1, 0.15) is 10.4 Å². The van der Waals surface area contributed by atoms with Crippen molar-refractivity contribution in [3.63, 3.8) is 0 Å². The zero-order valence-electron chi connectivity index (χ0n) is 10.9. The second kappa shape index (κ2) is 6.07. The minimum atomic E-state index is -0.181. The Morgan fingerprint density at radius 1 is 1.00 bits per heavy atom. The van der Waals surface area contributed by atoms with Gasteiger partial charge in [-0.3, -0.25) is 4.79 Å². The van der Waals surface area contributed by atoms with Gasteiger partial charge >= 0.3 is 0 Å². The van der Waals surface area contributed by atoms with Gasteiger partial charge in [0, 0.05) is 26.6 Å². The molecular formula is C15H11Br2NO3. The van der Waals surface area contributed by atoms with E-state index in [0.717, 1.165) is 8.95 Å². The predicted molar refractivity (Wildman–Crippen MR) is 87.2 cm³/mol. The maximum atomic E-state index is 12.2. The quantitative estimate of drug-likeness (QED) is 0.802. The number of hydrogen-bond acceptors (Lipinski definition) is 3. The summed E-state index contributed by atoms with van der Waals surface area (Å²) in [5.41, 5.74) is 1.23. The SMILES string of the molecule is O=C(Nc1cc2c(cc1Br)OCCO2)c1ccc(Br)cc1. The standard InChI is InChI=1S/C15H11Br2NO3/c16-10-3-1-9(2-4-10)15(19)18-12-8-14-13(7-11(12)17)20-5-6-21-14/h1-4,7-8H,5-6H2,(H,18,19). The Morgan fingerprint density at radius 3 is 2.29 bits per heavy atom. The molecule has 4 nitrogen and oxygen atoms in total. The molecule has 108 valence electrons. The van der Waals surface area contributed by atoms with Crippen molar-refractivity contribution in [2.45, 2.75) is 0 Å². The number of hydrogen-bond donors (Lipinski definition) is 1. The van der Waals surface area contributed by atoms with E-state index in [-0.39, 0.29) is 5.91 Å². The summed E-state index contributed by atoms with van der Waals surface area (Å²) in [5, 5.41) is 2.86. The second-order valence-electron chi connectivity index (χ2n) is 4.44. The van der Waals surface area contributed by atoms with Gasteiger partial charge in [0.1, 0.15) is 13.2 Å². The first-order valence-corrected chi connectivity index (χ1v) is 7.88. The summed E-state index contributed by atoms with van der Waals surface area (Å²) in [7, 11) is 0. The Balaban J connectivity index is 1.84. The fraction of sp³-hybridized carbons (Fsp3) is 0.133. The average Bonchev–Trinajstić information content (AvgIpc) is 2.48. The monoisotopic (exact) mass is 411 g/mol. The van der Waals surface area contributed by atoms with Crippen LogP contribution in [0.4, 0.5) is 5.69 Å². The molecule has 0 saturated heterocycles. The van der Waals surface area contributed by atoms with Crippen LogP contribution in [0, 0.1) is 0 Å². The van der Waals surface area contributed by atoms with Crippen LogP contribution in [-0.2, 0) is 0 Å². The van der Waals surface area contributed by atoms with Gasteiger partial charge in [0.2, 0.25) is 0 Å². The lowest BCUT2D eigenvalue weighted by molar-refractivity contribution is 0.102. The first-order valence-electron chi connectivity index (χ1n) is 6.29. The molecule has 0 unspecified atom stereocenters. The topological polar surface area (TPSA) is 47.6 Å². The van der Waals surface area contributed by atoms with E-state index in [9.17, 15) is 4.79 Å². The number of nitrogens with one attached hydrogen (secondary N) is 1. The molecule has 1 heterocycles. The predicted octanol–water partition coefficient (Wildman–Crippen LogP) is 4.24. The lowest BCUT2D eigenvalue weighted by Gasteiger charge is -2.20. The van der Waals surface area contributed by atoms with Crippen molar-refractivity contribution in [3.05, 3.63) is 50.9 Å². The zero-order chi connectivity index (χ0) is 14.8. The summed E-state index contributed by atoms with van der Waals surface area (Å²) in [6.45, 7) is 1.04. The maximum Gasteiger partial charge on any atom is 0.255 e. The zero-order valence-corrected chi connectivity index (χ0v) is 14.0. The number of carbonyl (C=O) groups excluding carboxylic acids is 1. The lowest BCUT2D eigenvalue weighted by atomic mass is 10.2. The molecule has 0 aliphatic carbocycles. The van der Waals surface area contributed by atoms with E-state index in [4.69, 9.17) is 9.47 Å². The summed E-state index contributed by atoms with van der Waals surface area (Å²) in [6.07, 6.45) is 0. The summed E-state index contributed by atoms with van der Waals surface area (Å²) in [6, 6.07) is 10.7. The van der Waals surface area contributed by atoms with Crippen molar-refractivity contribution in [1.29, 1.82) is 0 Å². The number of halogens is 2. The van der Waals surface area contributed by atoms with Gasteiger partial charge in [-0.25, -0.2) is 0 Å². The fourth-order valence-corrected chi connectivity index (χ4v) is 2.64. The van der Waals surface area contributed by atoms with E-state index >= 15 is 0 Å². The van der Waals surface area contributed by atoms with Crippen molar-refractivity contribution >= 4 is 43.5 Å². The third-order valence-electron chi connectivity index (χ3n) is 2.99. The van der Waals surface area contributed by atoms with Crippen molar-refractivity contribution in [2.75, 3.05) is 18.5 Å². The van der Waals surface area contributed by atoms with Gasteiger partial charge in [0.15, 0.2) is 11.5 Å². The lowest BCUT2D eigenvalue weighted by Crippen LogP contribution is -2.17. The molecule has 0 atom stereocenters. The molecule has 1 N–H and O–H groups in total. The molecule has 6 heteroatoms. The number of rotatable bonds is 2. The molecule has 2 aromatic carbocycles. The average molecular weight is 413 g/mol. The third-order valence-corrected chi connectivity index (χ3v) is 4.17. The molecule has 3 rings (SSSR count). The summed E-state index contributed by atoms with van der Waals surface area (Å²) in [5.74, 6) is 1.13. The Kier molecular flexibility index (Phi) is 4.17. The highest BCUT2D eigenvalue weighted by atomic mass is 79.9. The largest absolute Gasteiger partial charge is 0.486 e. The number of amides is 1. The minimum Gasteiger partial charge on any atom is -0.486 e. The highest BCUT2D eigenvalue weighted by Crippen LogP contribution is 2.38. The molecule has 0 radical (unpaired) electrons. The van der Waals surface area contributed by atoms with E-state index in [1.54, 1.807) is 24.3 Å². The van der Waals surface area contributed by atoms with Crippen LogP contribution < -0.4 is 14.8 Å². The first kappa shape index (κ1) is 14.4. The first-order chi connectivity index (χ1) is 10.1. The van der Waals surface area contributed by atoms with Gasteiger partial charge in [-0.1, -0.05) is 15.9 Å². The van der Waals surface area contributed by atoms with Crippen LogP contribution in [-0.4, -0.2) is 19.1 Å². The molecule has 0 saturated carbocycles. The van der Waals surface area contributed by atoms with E-state index in [2.05, 4.69) is 37.2 Å². The molecular weight excluding hydrogens is 402 g/mol. The van der Waals surface area contributed by atoms with E-state index in [1.165, 1.54) is 0 Å². The van der Waals surface area contributed by atoms with Gasteiger partial charge in [-0.05, 0) is 40.2 Å². The second-order valence-corrected chi connectivity index (χ2v) is 6.21. The molecule has 0 bridgehead atoms. The molecule has 2 aromatic rings. The third kappa shape index (κ3) is 3.22. The smallest absolute Gasteiger partial charge is 0.255 e. The van der Waals surface area contributed by atoms with Crippen LogP contribution in [0.25, 0.3) is 0 Å². The van der Waals surface area contributed by atoms with E-state index in [0.29, 0.717) is 36.0 Å². The van der Waals surface area contributed by atoms with Crippen LogP contribution in [0.5, 0.6) is 11.5 Å². The highest BCUT2D eigenvalue weighted by Gasteiger charge is 2.16. The van der Waals surface area contributed by atoms with E-state index in [1.807, 2.05) is 12.1 Å². The van der Waals surface area contributed by atoms with Gasteiger partial charge in [-0.15, -0.1) is 0 Å². The number of benzene rings is 2. The fourth-order valence-electron chi connectivity index (χ4n) is 1.96. The Hall–Kier alpha value is -1.53. The van der Waals surface area contributed by atoms with Crippen LogP contribution >= 0.6 is 31.9 Å². The van der Waals surface area contributed by atoms with Crippen LogP contribution in [0.3, 0.4) is 0 Å². The molecule has 0 spiro atoms. The molecule has 1 amide bonds. The van der Waals surface area contributed by atoms with Crippen LogP contribution in [0.15, 0.2) is 45.3 Å². The summed E-state index contributed by atoms with van der Waals surface area (Å²) < 4.78 is 12.7. The maximum absolute atomic E-state index is 12.2. The molecule has 1 aliphatic heterocycles. The molecule has 21 heavy (non-hydrogen) atoms. The van der Waals surface area contributed by atoms with Crippen LogP contribution in [0.2, 0.25) is 0 Å². The highest BCUT2D eigenvalue weighted by molar-refractivity contribution is 9.10. The minimum absolute atomic E-state index is 0.181. The van der Waals surface area contributed by atoms with Crippen molar-refractivity contribution in [1.82, 2.24) is 0 Å². The number of anilines is 1. The summed E-state index contributed by atoms with van der Waals surface area (Å²) >= 11 is 6.77. The normalized spacial score (nSPS) is 12.9. The summed E-state index contributed by atoms with van der Waals surface area (Å²) in [4.78, 5) is 12.2. The Labute approximate surface area is 138 Å². The molecule has 1 aliphatic rings. The van der Waals surface area contributed by atoms with Crippen molar-refractivity contribution in [2.24, 2.45) is 0 Å². The number of carbonyl (C=O) groups is 1. The Morgan fingerprint density at radius 2 is 1.62 bits per heavy atom. The number of ether oxygens (including phenoxy) is 2.